The van der Waals surface area contributed by atoms with Crippen LogP contribution in [0.3, 0.4) is 0 Å². The average molecular weight is 354 g/mol. The van der Waals surface area contributed by atoms with Gasteiger partial charge in [-0.05, 0) is 30.9 Å². The van der Waals surface area contributed by atoms with E-state index in [1.807, 2.05) is 0 Å². The molecule has 0 bridgehead atoms. The van der Waals surface area contributed by atoms with E-state index in [9.17, 15) is 15.4 Å². The van der Waals surface area contributed by atoms with Gasteiger partial charge >= 0.3 is 0 Å². The van der Waals surface area contributed by atoms with E-state index in [-0.39, 0.29) is 5.69 Å². The monoisotopic (exact) mass is 354 g/mol. The first-order valence-corrected chi connectivity index (χ1v) is 8.93. The number of pyridine rings is 1. The Bertz CT molecular complexity index is 847. The predicted molar refractivity (Wildman–Crippen MR) is 99.0 cm³/mol. The number of non-ortho nitro benzene ring substituents is 1. The minimum absolute atomic E-state index is 0.0495. The number of nitrogens with one attached hydrogen (secondary N) is 1. The lowest BCUT2D eigenvalue weighted by atomic mass is 9.88. The number of hydrogen-bond acceptors (Lipinski definition) is 6. The Morgan fingerprint density at radius 2 is 2.19 bits per heavy atom. The molecular weight excluding hydrogens is 332 g/mol. The molecule has 1 aromatic heterocycles. The van der Waals surface area contributed by atoms with Crippen LogP contribution in [0.1, 0.15) is 38.2 Å². The fraction of sp³-hybridized carbons (Fsp3) is 0.474. The molecule has 136 valence electrons. The van der Waals surface area contributed by atoms with Gasteiger partial charge in [-0.3, -0.25) is 10.1 Å². The van der Waals surface area contributed by atoms with Crippen LogP contribution in [0.15, 0.2) is 24.3 Å². The maximum Gasteiger partial charge on any atom is 0.270 e. The Labute approximate surface area is 152 Å². The summed E-state index contributed by atoms with van der Waals surface area (Å²) in [7, 11) is 0. The molecule has 26 heavy (non-hydrogen) atoms. The number of nitrogens with zero attached hydrogens (tertiary/aromatic N) is 3. The third-order valence-electron chi connectivity index (χ3n) is 4.90. The zero-order chi connectivity index (χ0) is 18.5. The molecule has 0 aliphatic heterocycles. The van der Waals surface area contributed by atoms with E-state index in [0.29, 0.717) is 47.5 Å². The smallest absolute Gasteiger partial charge is 0.270 e. The minimum Gasteiger partial charge on any atom is -0.376 e. The van der Waals surface area contributed by atoms with Crippen LogP contribution in [0.2, 0.25) is 0 Å². The van der Waals surface area contributed by atoms with Crippen molar-refractivity contribution in [3.05, 3.63) is 39.9 Å². The molecule has 1 heterocycles. The summed E-state index contributed by atoms with van der Waals surface area (Å²) in [6.07, 6.45) is 5.18. The second-order valence-electron chi connectivity index (χ2n) is 6.72. The second kappa shape index (κ2) is 8.11. The van der Waals surface area contributed by atoms with E-state index in [2.05, 4.69) is 23.3 Å². The van der Waals surface area contributed by atoms with Crippen molar-refractivity contribution in [2.24, 2.45) is 5.92 Å². The number of hydrogen-bond donors (Lipinski definition) is 1. The van der Waals surface area contributed by atoms with Crippen LogP contribution in [-0.4, -0.2) is 29.2 Å². The van der Waals surface area contributed by atoms with Crippen molar-refractivity contribution < 1.29 is 9.66 Å². The number of rotatable bonds is 6. The zero-order valence-electron chi connectivity index (χ0n) is 14.8. The van der Waals surface area contributed by atoms with Crippen LogP contribution in [0.25, 0.3) is 10.9 Å². The molecule has 7 nitrogen and oxygen atoms in total. The van der Waals surface area contributed by atoms with Gasteiger partial charge < -0.3 is 10.1 Å². The predicted octanol–water partition coefficient (Wildman–Crippen LogP) is 4.02. The molecule has 0 saturated heterocycles. The van der Waals surface area contributed by atoms with Crippen LogP contribution in [0.4, 0.5) is 11.5 Å². The molecule has 0 spiro atoms. The standard InChI is InChI=1S/C19H22N4O3/c1-13-4-2-3-5-18(13)26-9-8-21-19-10-14(12-20)16-11-15(23(24)25)6-7-17(16)22-19/h6-7,10-11,13,18H,2-5,8-9H2,1H3,(H,21,22). The molecule has 1 aromatic carbocycles. The largest absolute Gasteiger partial charge is 0.376 e. The van der Waals surface area contributed by atoms with Crippen LogP contribution >= 0.6 is 0 Å². The summed E-state index contributed by atoms with van der Waals surface area (Å²) in [5.41, 5.74) is 0.869. The van der Waals surface area contributed by atoms with Gasteiger partial charge in [-0.25, -0.2) is 4.98 Å². The SMILES string of the molecule is CC1CCCCC1OCCNc1cc(C#N)c2cc([N+](=O)[O-])ccc2n1. The first kappa shape index (κ1) is 18.1. The Morgan fingerprint density at radius 1 is 1.38 bits per heavy atom. The van der Waals surface area contributed by atoms with E-state index in [1.165, 1.54) is 31.4 Å². The van der Waals surface area contributed by atoms with Gasteiger partial charge in [0.1, 0.15) is 5.82 Å². The van der Waals surface area contributed by atoms with Crippen molar-refractivity contribution in [1.29, 1.82) is 5.26 Å². The van der Waals surface area contributed by atoms with Gasteiger partial charge in [-0.15, -0.1) is 0 Å². The molecule has 0 radical (unpaired) electrons. The molecule has 1 fully saturated rings. The maximum absolute atomic E-state index is 10.9. The van der Waals surface area contributed by atoms with E-state index in [4.69, 9.17) is 4.74 Å². The minimum atomic E-state index is -0.476. The molecular formula is C19H22N4O3. The molecule has 1 aliphatic carbocycles. The molecule has 7 heteroatoms. The number of aromatic nitrogens is 1. The van der Waals surface area contributed by atoms with E-state index < -0.39 is 4.92 Å². The molecule has 3 rings (SSSR count). The topological polar surface area (TPSA) is 101 Å². The fourth-order valence-electron chi connectivity index (χ4n) is 3.43. The summed E-state index contributed by atoms with van der Waals surface area (Å²) in [5, 5.41) is 23.9. The number of benzene rings is 1. The first-order chi connectivity index (χ1) is 12.6. The van der Waals surface area contributed by atoms with E-state index in [1.54, 1.807) is 12.1 Å². The van der Waals surface area contributed by atoms with E-state index in [0.717, 1.165) is 6.42 Å². The summed E-state index contributed by atoms with van der Waals surface area (Å²) >= 11 is 0. The average Bonchev–Trinajstić information content (AvgIpc) is 2.65. The van der Waals surface area contributed by atoms with Gasteiger partial charge in [0.2, 0.25) is 0 Å². The van der Waals surface area contributed by atoms with Gasteiger partial charge in [-0.1, -0.05) is 19.8 Å². The summed E-state index contributed by atoms with van der Waals surface area (Å²) in [6, 6.07) is 8.06. The van der Waals surface area contributed by atoms with Crippen molar-refractivity contribution in [3.63, 3.8) is 0 Å². The Balaban J connectivity index is 1.66. The summed E-state index contributed by atoms with van der Waals surface area (Å²) in [4.78, 5) is 14.9. The van der Waals surface area contributed by atoms with Gasteiger partial charge in [0, 0.05) is 24.1 Å². The maximum atomic E-state index is 10.9. The highest BCUT2D eigenvalue weighted by molar-refractivity contribution is 5.88. The highest BCUT2D eigenvalue weighted by atomic mass is 16.6. The van der Waals surface area contributed by atoms with Crippen LogP contribution < -0.4 is 5.32 Å². The third-order valence-corrected chi connectivity index (χ3v) is 4.90. The molecule has 2 aromatic rings. The normalized spacial score (nSPS) is 19.8. The number of nitro benzene ring substituents is 1. The summed E-state index contributed by atoms with van der Waals surface area (Å²) in [6.45, 7) is 3.41. The number of anilines is 1. The Morgan fingerprint density at radius 3 is 2.92 bits per heavy atom. The van der Waals surface area contributed by atoms with Gasteiger partial charge in [0.05, 0.1) is 34.8 Å². The van der Waals surface area contributed by atoms with Crippen molar-refractivity contribution >= 4 is 22.4 Å². The van der Waals surface area contributed by atoms with Crippen molar-refractivity contribution in [3.8, 4) is 6.07 Å². The molecule has 2 atom stereocenters. The summed E-state index contributed by atoms with van der Waals surface area (Å²) < 4.78 is 5.97. The first-order valence-electron chi connectivity index (χ1n) is 8.93. The summed E-state index contributed by atoms with van der Waals surface area (Å²) in [5.74, 6) is 1.17. The second-order valence-corrected chi connectivity index (χ2v) is 6.72. The number of ether oxygens (including phenoxy) is 1. The quantitative estimate of drug-likeness (QED) is 0.477. The number of nitro groups is 1. The van der Waals surface area contributed by atoms with Gasteiger partial charge in [0.15, 0.2) is 0 Å². The Hall–Kier alpha value is -2.72. The lowest BCUT2D eigenvalue weighted by molar-refractivity contribution is -0.384. The molecule has 0 amide bonds. The van der Waals surface area contributed by atoms with E-state index >= 15 is 0 Å². The van der Waals surface area contributed by atoms with Crippen molar-refractivity contribution in [1.82, 2.24) is 4.98 Å². The molecule has 1 N–H and O–H groups in total. The van der Waals surface area contributed by atoms with Gasteiger partial charge in [0.25, 0.3) is 5.69 Å². The fourth-order valence-corrected chi connectivity index (χ4v) is 3.43. The van der Waals surface area contributed by atoms with Crippen molar-refractivity contribution in [2.75, 3.05) is 18.5 Å². The highest BCUT2D eigenvalue weighted by Crippen LogP contribution is 2.27. The van der Waals surface area contributed by atoms with Crippen LogP contribution in [0.5, 0.6) is 0 Å². The van der Waals surface area contributed by atoms with Crippen LogP contribution in [-0.2, 0) is 4.74 Å². The molecule has 2 unspecified atom stereocenters. The lowest BCUT2D eigenvalue weighted by Crippen LogP contribution is -2.27. The number of fused-ring (bicyclic) bond motifs is 1. The molecule has 1 saturated carbocycles. The third kappa shape index (κ3) is 4.09. The number of nitriles is 1. The zero-order valence-corrected chi connectivity index (χ0v) is 14.8. The molecule has 1 aliphatic rings. The van der Waals surface area contributed by atoms with Crippen molar-refractivity contribution in [2.45, 2.75) is 38.7 Å². The van der Waals surface area contributed by atoms with Crippen LogP contribution in [0, 0.1) is 27.4 Å². The van der Waals surface area contributed by atoms with Gasteiger partial charge in [-0.2, -0.15) is 5.26 Å². The highest BCUT2D eigenvalue weighted by Gasteiger charge is 2.21. The Kier molecular flexibility index (Phi) is 5.64. The lowest BCUT2D eigenvalue weighted by Gasteiger charge is -2.28.